The van der Waals surface area contributed by atoms with Crippen molar-refractivity contribution in [2.24, 2.45) is 0 Å². The molecule has 2 aliphatic rings. The number of phenols is 2. The SMILES string of the molecule is CC1(C)CC(Oc2ccc(-c3c(O)cc(-c4cn[nH]c4)cc3F)nn2)CC(C)(C)N1.CN(c1ccc(-c2c(O)cc(Cl)cc2F)nn1)C1CC(C)(C)NC(C)(C)C1. The monoisotopic (exact) mass is 803 g/mol. The standard InChI is InChI=1S/C22H26FN5O2.C20H26ClFN4O/c1-21(2)9-15(10-22(3,4)28-21)30-19-6-5-17(26-27-19)20-16(23)7-13(8-18(20)29)14-11-24-25-12-14;1-19(2)10-13(11-20(3,4)25-19)26(5)17-7-6-15(23-24-17)18-14(22)8-12(21)9-16(18)27/h5-8,11-12,15,28-29H,9-10H2,1-4H3,(H,24,25);6-9,13,25,27H,10-11H2,1-5H3. The molecule has 0 unspecified atom stereocenters. The van der Waals surface area contributed by atoms with Gasteiger partial charge < -0.3 is 30.5 Å². The van der Waals surface area contributed by atoms with Gasteiger partial charge in [0.2, 0.25) is 5.88 Å². The van der Waals surface area contributed by atoms with Gasteiger partial charge in [-0.05, 0) is 116 Å². The second-order valence-corrected chi connectivity index (χ2v) is 18.2. The molecule has 304 valence electrons. The Morgan fingerprint density at radius 2 is 1.25 bits per heavy atom. The van der Waals surface area contributed by atoms with Gasteiger partial charge in [0.15, 0.2) is 5.82 Å². The van der Waals surface area contributed by atoms with Gasteiger partial charge >= 0.3 is 0 Å². The van der Waals surface area contributed by atoms with Gasteiger partial charge in [-0.15, -0.1) is 20.4 Å². The van der Waals surface area contributed by atoms with E-state index in [1.54, 1.807) is 36.7 Å². The molecule has 0 amide bonds. The largest absolute Gasteiger partial charge is 0.507 e. The third-order valence-electron chi connectivity index (χ3n) is 10.3. The summed E-state index contributed by atoms with van der Waals surface area (Å²) in [5.74, 6) is -0.583. The van der Waals surface area contributed by atoms with E-state index < -0.39 is 11.6 Å². The first-order valence-electron chi connectivity index (χ1n) is 19.0. The molecule has 0 bridgehead atoms. The Balaban J connectivity index is 0.000000194. The number of aromatic amines is 1. The second kappa shape index (κ2) is 15.8. The highest BCUT2D eigenvalue weighted by molar-refractivity contribution is 6.30. The predicted octanol–water partition coefficient (Wildman–Crippen LogP) is 8.45. The van der Waals surface area contributed by atoms with E-state index in [9.17, 15) is 19.0 Å². The van der Waals surface area contributed by atoms with Gasteiger partial charge in [-0.3, -0.25) is 5.10 Å². The highest BCUT2D eigenvalue weighted by Crippen LogP contribution is 2.38. The molecule has 0 aliphatic carbocycles. The number of benzene rings is 2. The third kappa shape index (κ3) is 10.2. The van der Waals surface area contributed by atoms with Crippen LogP contribution < -0.4 is 20.3 Å². The minimum absolute atomic E-state index is 0.00391. The maximum absolute atomic E-state index is 14.7. The molecule has 0 atom stereocenters. The van der Waals surface area contributed by atoms with E-state index in [-0.39, 0.29) is 67.3 Å². The highest BCUT2D eigenvalue weighted by Gasteiger charge is 2.40. The van der Waals surface area contributed by atoms with Crippen molar-refractivity contribution >= 4 is 17.4 Å². The molecule has 3 aromatic heterocycles. The minimum Gasteiger partial charge on any atom is -0.507 e. The van der Waals surface area contributed by atoms with Crippen LogP contribution in [0.4, 0.5) is 14.6 Å². The van der Waals surface area contributed by atoms with Crippen LogP contribution in [0.2, 0.25) is 5.02 Å². The molecule has 2 aromatic carbocycles. The molecular formula is C42H52ClF2N9O3. The normalized spacial score (nSPS) is 18.7. The molecule has 2 fully saturated rings. The van der Waals surface area contributed by atoms with E-state index in [0.29, 0.717) is 28.9 Å². The molecular weight excluding hydrogens is 752 g/mol. The van der Waals surface area contributed by atoms with Crippen molar-refractivity contribution in [2.45, 2.75) is 115 Å². The van der Waals surface area contributed by atoms with E-state index in [1.807, 2.05) is 7.05 Å². The number of ether oxygens (including phenoxy) is 1. The van der Waals surface area contributed by atoms with Crippen molar-refractivity contribution < 1.29 is 23.7 Å². The zero-order chi connectivity index (χ0) is 41.5. The van der Waals surface area contributed by atoms with Crippen LogP contribution in [0.3, 0.4) is 0 Å². The van der Waals surface area contributed by atoms with Crippen LogP contribution in [0.1, 0.15) is 81.1 Å². The molecule has 2 aliphatic heterocycles. The lowest BCUT2D eigenvalue weighted by Crippen LogP contribution is -2.62. The van der Waals surface area contributed by atoms with Crippen LogP contribution in [0.5, 0.6) is 17.4 Å². The van der Waals surface area contributed by atoms with Crippen LogP contribution in [-0.4, -0.2) is 82.2 Å². The molecule has 57 heavy (non-hydrogen) atoms. The lowest BCUT2D eigenvalue weighted by atomic mass is 9.79. The second-order valence-electron chi connectivity index (χ2n) is 17.8. The number of nitrogens with zero attached hydrogens (tertiary/aromatic N) is 6. The number of nitrogens with one attached hydrogen (secondary N) is 3. The summed E-state index contributed by atoms with van der Waals surface area (Å²) >= 11 is 5.76. The number of anilines is 1. The molecule has 15 heteroatoms. The van der Waals surface area contributed by atoms with Gasteiger partial charge in [-0.2, -0.15) is 5.10 Å². The van der Waals surface area contributed by atoms with Crippen molar-refractivity contribution in [3.63, 3.8) is 0 Å². The Bertz CT molecular complexity index is 2100. The number of phenolic OH excluding ortho intramolecular Hbond substituents is 2. The number of H-pyrrole nitrogens is 1. The Morgan fingerprint density at radius 3 is 1.74 bits per heavy atom. The van der Waals surface area contributed by atoms with Crippen LogP contribution in [0.15, 0.2) is 60.9 Å². The van der Waals surface area contributed by atoms with Crippen molar-refractivity contribution in [3.8, 4) is 51.0 Å². The summed E-state index contributed by atoms with van der Waals surface area (Å²) in [6, 6.07) is 12.3. The van der Waals surface area contributed by atoms with Crippen molar-refractivity contribution in [2.75, 3.05) is 11.9 Å². The first-order valence-corrected chi connectivity index (χ1v) is 19.3. The van der Waals surface area contributed by atoms with E-state index in [2.05, 4.69) is 102 Å². The highest BCUT2D eigenvalue weighted by atomic mass is 35.5. The van der Waals surface area contributed by atoms with Crippen molar-refractivity contribution in [1.82, 2.24) is 41.2 Å². The van der Waals surface area contributed by atoms with Gasteiger partial charge in [0, 0.05) is 70.9 Å². The molecule has 12 nitrogen and oxygen atoms in total. The molecule has 0 spiro atoms. The van der Waals surface area contributed by atoms with E-state index in [1.165, 1.54) is 18.2 Å². The lowest BCUT2D eigenvalue weighted by molar-refractivity contribution is 0.0524. The summed E-state index contributed by atoms with van der Waals surface area (Å²) in [5, 5.41) is 51.0. The number of piperidine rings is 2. The van der Waals surface area contributed by atoms with Crippen LogP contribution in [0.25, 0.3) is 33.6 Å². The number of hydrogen-bond acceptors (Lipinski definition) is 11. The molecule has 5 aromatic rings. The Hall–Kier alpha value is -4.92. The van der Waals surface area contributed by atoms with E-state index in [0.717, 1.165) is 31.7 Å². The lowest BCUT2D eigenvalue weighted by Gasteiger charge is -2.49. The Morgan fingerprint density at radius 1 is 0.702 bits per heavy atom. The molecule has 2 saturated heterocycles. The smallest absolute Gasteiger partial charge is 0.233 e. The fourth-order valence-corrected chi connectivity index (χ4v) is 8.81. The number of aromatic hydroxyl groups is 2. The fraction of sp³-hybridized carbons (Fsp3) is 0.452. The molecule has 5 N–H and O–H groups in total. The minimum atomic E-state index is -0.628. The van der Waals surface area contributed by atoms with Crippen molar-refractivity contribution in [3.05, 3.63) is 77.6 Å². The number of hydrogen-bond donors (Lipinski definition) is 5. The van der Waals surface area contributed by atoms with Crippen LogP contribution in [-0.2, 0) is 0 Å². The molecule has 7 rings (SSSR count). The van der Waals surface area contributed by atoms with Crippen molar-refractivity contribution in [1.29, 1.82) is 0 Å². The Labute approximate surface area is 337 Å². The summed E-state index contributed by atoms with van der Waals surface area (Å²) in [6.07, 6.45) is 6.81. The maximum atomic E-state index is 14.7. The molecule has 0 radical (unpaired) electrons. The van der Waals surface area contributed by atoms with Gasteiger partial charge in [-0.25, -0.2) is 8.78 Å². The van der Waals surface area contributed by atoms with E-state index >= 15 is 0 Å². The topological polar surface area (TPSA) is 157 Å². The summed E-state index contributed by atoms with van der Waals surface area (Å²) < 4.78 is 35.0. The van der Waals surface area contributed by atoms with Crippen LogP contribution in [0, 0.1) is 11.6 Å². The average Bonchev–Trinajstić information content (AvgIpc) is 3.61. The van der Waals surface area contributed by atoms with Gasteiger partial charge in [0.1, 0.15) is 29.2 Å². The zero-order valence-corrected chi connectivity index (χ0v) is 34.6. The first-order chi connectivity index (χ1) is 26.6. The summed E-state index contributed by atoms with van der Waals surface area (Å²) in [7, 11) is 2.01. The van der Waals surface area contributed by atoms with E-state index in [4.69, 9.17) is 16.3 Å². The fourth-order valence-electron chi connectivity index (χ4n) is 8.61. The number of halogens is 3. The van der Waals surface area contributed by atoms with Crippen LogP contribution >= 0.6 is 11.6 Å². The first kappa shape index (κ1) is 41.7. The summed E-state index contributed by atoms with van der Waals surface area (Å²) in [4.78, 5) is 2.12. The van der Waals surface area contributed by atoms with Gasteiger partial charge in [0.05, 0.1) is 28.7 Å². The predicted molar refractivity (Wildman–Crippen MR) is 218 cm³/mol. The third-order valence-corrected chi connectivity index (χ3v) is 10.5. The number of rotatable bonds is 7. The quantitative estimate of drug-likeness (QED) is 0.108. The molecule has 5 heterocycles. The number of aromatic nitrogens is 6. The van der Waals surface area contributed by atoms with Gasteiger partial charge in [0.25, 0.3) is 0 Å². The Kier molecular flexibility index (Phi) is 11.6. The zero-order valence-electron chi connectivity index (χ0n) is 33.9. The molecule has 0 saturated carbocycles. The summed E-state index contributed by atoms with van der Waals surface area (Å²) in [5.41, 5.74) is 1.66. The average molecular weight is 804 g/mol. The van der Waals surface area contributed by atoms with Gasteiger partial charge in [-0.1, -0.05) is 11.6 Å². The summed E-state index contributed by atoms with van der Waals surface area (Å²) in [6.45, 7) is 17.4. The maximum Gasteiger partial charge on any atom is 0.233 e.